The van der Waals surface area contributed by atoms with Gasteiger partial charge in [-0.05, 0) is 31.2 Å². The molecule has 0 saturated carbocycles. The summed E-state index contributed by atoms with van der Waals surface area (Å²) in [6.07, 6.45) is -4.63. The smallest absolute Gasteiger partial charge is 0.324 e. The van der Waals surface area contributed by atoms with Crippen molar-refractivity contribution in [1.29, 1.82) is 0 Å². The molecular formula is C20H14F3N5O2. The first-order chi connectivity index (χ1) is 14.2. The molecule has 10 heteroatoms. The number of nitrogens with zero attached hydrogens (tertiary/aromatic N) is 3. The van der Waals surface area contributed by atoms with E-state index in [9.17, 15) is 22.8 Å². The van der Waals surface area contributed by atoms with Gasteiger partial charge in [-0.25, -0.2) is 9.67 Å². The van der Waals surface area contributed by atoms with Crippen LogP contribution in [-0.4, -0.2) is 25.7 Å². The van der Waals surface area contributed by atoms with Gasteiger partial charge in [-0.15, -0.1) is 0 Å². The molecule has 152 valence electrons. The Kier molecular flexibility index (Phi) is 4.61. The zero-order valence-corrected chi connectivity index (χ0v) is 15.5. The van der Waals surface area contributed by atoms with Crippen LogP contribution in [0.3, 0.4) is 0 Å². The summed E-state index contributed by atoms with van der Waals surface area (Å²) in [7, 11) is 0. The molecule has 0 fully saturated rings. The van der Waals surface area contributed by atoms with Gasteiger partial charge in [-0.2, -0.15) is 18.3 Å². The number of amides is 1. The normalized spacial score (nSPS) is 11.6. The molecule has 2 N–H and O–H groups in total. The zero-order valence-electron chi connectivity index (χ0n) is 15.5. The van der Waals surface area contributed by atoms with Crippen LogP contribution in [-0.2, 0) is 6.18 Å². The number of alkyl halides is 3. The summed E-state index contributed by atoms with van der Waals surface area (Å²) in [6.45, 7) is 1.43. The van der Waals surface area contributed by atoms with Gasteiger partial charge in [0.15, 0.2) is 5.69 Å². The highest BCUT2D eigenvalue weighted by Crippen LogP contribution is 2.33. The number of imidazole rings is 1. The number of para-hydroxylation sites is 3. The molecule has 30 heavy (non-hydrogen) atoms. The van der Waals surface area contributed by atoms with Crippen molar-refractivity contribution in [2.45, 2.75) is 13.1 Å². The van der Waals surface area contributed by atoms with E-state index < -0.39 is 28.8 Å². The largest absolute Gasteiger partial charge is 0.418 e. The molecule has 0 unspecified atom stereocenters. The Labute approximate surface area is 167 Å². The summed E-state index contributed by atoms with van der Waals surface area (Å²) in [5.41, 5.74) is -1.09. The number of carbonyl (C=O) groups excluding carboxylic acids is 1. The first kappa shape index (κ1) is 19.4. The van der Waals surface area contributed by atoms with Gasteiger partial charge >= 0.3 is 6.18 Å². The van der Waals surface area contributed by atoms with Crippen molar-refractivity contribution >= 4 is 22.9 Å². The number of aromatic amines is 1. The van der Waals surface area contributed by atoms with Gasteiger partial charge < -0.3 is 4.98 Å². The highest BCUT2D eigenvalue weighted by atomic mass is 19.4. The number of hydrogen-bond acceptors (Lipinski definition) is 4. The summed E-state index contributed by atoms with van der Waals surface area (Å²) in [5.74, 6) is -0.803. The topological polar surface area (TPSA) is 92.7 Å². The Morgan fingerprint density at radius 3 is 2.53 bits per heavy atom. The van der Waals surface area contributed by atoms with Crippen molar-refractivity contribution in [3.63, 3.8) is 0 Å². The molecule has 0 bridgehead atoms. The van der Waals surface area contributed by atoms with E-state index in [1.54, 1.807) is 24.3 Å². The van der Waals surface area contributed by atoms with Crippen LogP contribution >= 0.6 is 0 Å². The van der Waals surface area contributed by atoms with E-state index in [0.29, 0.717) is 11.0 Å². The number of nitrogens with one attached hydrogen (secondary N) is 2. The molecule has 0 aliphatic heterocycles. The molecule has 0 aliphatic carbocycles. The highest BCUT2D eigenvalue weighted by molar-refractivity contribution is 6.02. The summed E-state index contributed by atoms with van der Waals surface area (Å²) >= 11 is 0. The fourth-order valence-corrected chi connectivity index (χ4v) is 3.03. The number of anilines is 1. The number of rotatable bonds is 3. The van der Waals surface area contributed by atoms with E-state index in [1.807, 2.05) is 0 Å². The third kappa shape index (κ3) is 3.54. The fourth-order valence-electron chi connectivity index (χ4n) is 3.03. The Hall–Kier alpha value is -3.95. The Morgan fingerprint density at radius 2 is 1.80 bits per heavy atom. The first-order valence-electron chi connectivity index (χ1n) is 8.78. The lowest BCUT2D eigenvalue weighted by atomic mass is 10.1. The number of fused-ring (bicyclic) bond motifs is 1. The minimum atomic E-state index is -4.63. The van der Waals surface area contributed by atoms with E-state index in [4.69, 9.17) is 0 Å². The van der Waals surface area contributed by atoms with Gasteiger partial charge in [-0.1, -0.05) is 24.3 Å². The number of carbonyl (C=O) groups is 1. The third-order valence-corrected chi connectivity index (χ3v) is 4.38. The number of aryl methyl sites for hydroxylation is 1. The van der Waals surface area contributed by atoms with Crippen molar-refractivity contribution in [3.05, 3.63) is 81.8 Å². The molecule has 0 spiro atoms. The molecule has 2 heterocycles. The van der Waals surface area contributed by atoms with E-state index in [0.717, 1.165) is 16.8 Å². The van der Waals surface area contributed by atoms with E-state index in [1.165, 1.54) is 25.1 Å². The maximum atomic E-state index is 13.4. The Morgan fingerprint density at radius 1 is 1.10 bits per heavy atom. The molecule has 0 saturated heterocycles. The molecule has 0 aliphatic rings. The van der Waals surface area contributed by atoms with Crippen LogP contribution in [0.2, 0.25) is 0 Å². The molecular weight excluding hydrogens is 399 g/mol. The first-order valence-corrected chi connectivity index (χ1v) is 8.78. The van der Waals surface area contributed by atoms with Gasteiger partial charge in [0.2, 0.25) is 11.4 Å². The fraction of sp³-hybridized carbons (Fsp3) is 0.100. The van der Waals surface area contributed by atoms with Crippen molar-refractivity contribution in [2.24, 2.45) is 0 Å². The van der Waals surface area contributed by atoms with Gasteiger partial charge in [0, 0.05) is 11.8 Å². The van der Waals surface area contributed by atoms with Crippen molar-refractivity contribution < 1.29 is 18.0 Å². The second-order valence-corrected chi connectivity index (χ2v) is 6.48. The standard InChI is InChI=1S/C20H14F3N5O2/c1-11-10-16(29)17(18(30)26-19-24-13-7-3-4-8-14(13)25-19)27-28(11)15-9-5-2-6-12(15)20(21,22)23/h2-10H,1H3,(H2,24,25,26,30). The van der Waals surface area contributed by atoms with Crippen molar-refractivity contribution in [3.8, 4) is 5.69 Å². The number of H-pyrrole nitrogens is 1. The highest BCUT2D eigenvalue weighted by Gasteiger charge is 2.34. The van der Waals surface area contributed by atoms with Gasteiger partial charge in [0.1, 0.15) is 0 Å². The molecule has 4 aromatic rings. The molecule has 2 aromatic carbocycles. The molecule has 2 aromatic heterocycles. The summed E-state index contributed by atoms with van der Waals surface area (Å²) in [4.78, 5) is 32.0. The average Bonchev–Trinajstić information content (AvgIpc) is 3.09. The van der Waals surface area contributed by atoms with Crippen LogP contribution in [0.15, 0.2) is 59.4 Å². The van der Waals surface area contributed by atoms with Crippen LogP contribution in [0.5, 0.6) is 0 Å². The lowest BCUT2D eigenvalue weighted by Gasteiger charge is -2.16. The molecule has 1 amide bonds. The van der Waals surface area contributed by atoms with Crippen LogP contribution in [0, 0.1) is 6.92 Å². The lowest BCUT2D eigenvalue weighted by Crippen LogP contribution is -2.28. The SMILES string of the molecule is Cc1cc(=O)c(C(=O)Nc2nc3ccccc3[nH]2)nn1-c1ccccc1C(F)(F)F. The van der Waals surface area contributed by atoms with Crippen LogP contribution in [0.4, 0.5) is 19.1 Å². The van der Waals surface area contributed by atoms with Crippen LogP contribution in [0.1, 0.15) is 21.7 Å². The van der Waals surface area contributed by atoms with Crippen LogP contribution < -0.4 is 10.7 Å². The Balaban J connectivity index is 1.75. The number of halogens is 3. The van der Waals surface area contributed by atoms with Gasteiger partial charge in [0.25, 0.3) is 5.91 Å². The minimum absolute atomic E-state index is 0.0882. The average molecular weight is 413 g/mol. The maximum Gasteiger partial charge on any atom is 0.418 e. The minimum Gasteiger partial charge on any atom is -0.324 e. The van der Waals surface area contributed by atoms with Crippen molar-refractivity contribution in [2.75, 3.05) is 5.32 Å². The Bertz CT molecular complexity index is 1290. The van der Waals surface area contributed by atoms with Crippen LogP contribution in [0.25, 0.3) is 16.7 Å². The number of aromatic nitrogens is 4. The van der Waals surface area contributed by atoms with E-state index in [-0.39, 0.29) is 17.3 Å². The quantitative estimate of drug-likeness (QED) is 0.536. The molecule has 4 rings (SSSR count). The van der Waals surface area contributed by atoms with E-state index in [2.05, 4.69) is 20.4 Å². The maximum absolute atomic E-state index is 13.4. The summed E-state index contributed by atoms with van der Waals surface area (Å²) in [6, 6.07) is 12.9. The molecule has 0 atom stereocenters. The van der Waals surface area contributed by atoms with E-state index >= 15 is 0 Å². The monoisotopic (exact) mass is 413 g/mol. The lowest BCUT2D eigenvalue weighted by molar-refractivity contribution is -0.137. The predicted octanol–water partition coefficient (Wildman–Crippen LogP) is 3.69. The van der Waals surface area contributed by atoms with Gasteiger partial charge in [-0.3, -0.25) is 14.9 Å². The number of benzene rings is 2. The summed E-state index contributed by atoms with van der Waals surface area (Å²) in [5, 5.41) is 6.34. The van der Waals surface area contributed by atoms with Crippen molar-refractivity contribution in [1.82, 2.24) is 19.7 Å². The molecule has 0 radical (unpaired) electrons. The third-order valence-electron chi connectivity index (χ3n) is 4.38. The number of hydrogen-bond donors (Lipinski definition) is 2. The molecule has 7 nitrogen and oxygen atoms in total. The second kappa shape index (κ2) is 7.14. The van der Waals surface area contributed by atoms with Gasteiger partial charge in [0.05, 0.1) is 22.3 Å². The summed E-state index contributed by atoms with van der Waals surface area (Å²) < 4.78 is 41.1. The predicted molar refractivity (Wildman–Crippen MR) is 104 cm³/mol. The second-order valence-electron chi connectivity index (χ2n) is 6.48. The zero-order chi connectivity index (χ0) is 21.5.